The molecule has 3 heteroatoms. The molecule has 0 heterocycles. The first-order valence-electron chi connectivity index (χ1n) is 4.93. The van der Waals surface area contributed by atoms with Gasteiger partial charge < -0.3 is 10.4 Å². The van der Waals surface area contributed by atoms with E-state index in [1.165, 1.54) is 18.9 Å². The summed E-state index contributed by atoms with van der Waals surface area (Å²) in [7, 11) is 0. The fourth-order valence-electron chi connectivity index (χ4n) is 1.48. The Morgan fingerprint density at radius 3 is 2.79 bits per heavy atom. The molecule has 0 aliphatic heterocycles. The van der Waals surface area contributed by atoms with Gasteiger partial charge in [0.1, 0.15) is 11.6 Å². The van der Waals surface area contributed by atoms with E-state index in [9.17, 15) is 4.39 Å². The zero-order valence-electron chi connectivity index (χ0n) is 7.96. The van der Waals surface area contributed by atoms with Gasteiger partial charge in [-0.3, -0.25) is 0 Å². The van der Waals surface area contributed by atoms with E-state index >= 15 is 0 Å². The summed E-state index contributed by atoms with van der Waals surface area (Å²) in [6.07, 6.45) is 2.61. The van der Waals surface area contributed by atoms with Crippen LogP contribution in [0.2, 0.25) is 0 Å². The Balaban J connectivity index is 1.87. The summed E-state index contributed by atoms with van der Waals surface area (Å²) in [6.45, 7) is 1.62. The van der Waals surface area contributed by atoms with Crippen LogP contribution in [0.15, 0.2) is 18.2 Å². The molecule has 1 saturated carbocycles. The molecule has 2 rings (SSSR count). The number of hydrogen-bond acceptors (Lipinski definition) is 2. The third kappa shape index (κ3) is 2.70. The van der Waals surface area contributed by atoms with Gasteiger partial charge in [0.25, 0.3) is 0 Å². The summed E-state index contributed by atoms with van der Waals surface area (Å²) in [5.74, 6) is 0.429. The predicted molar refractivity (Wildman–Crippen MR) is 52.5 cm³/mol. The lowest BCUT2D eigenvalue weighted by molar-refractivity contribution is 0.467. The number of nitrogens with one attached hydrogen (secondary N) is 1. The monoisotopic (exact) mass is 195 g/mol. The highest BCUT2D eigenvalue weighted by Gasteiger charge is 2.20. The van der Waals surface area contributed by atoms with Crippen LogP contribution >= 0.6 is 0 Å². The fourth-order valence-corrected chi connectivity index (χ4v) is 1.48. The number of rotatable bonds is 4. The summed E-state index contributed by atoms with van der Waals surface area (Å²) in [6, 6.07) is 4.15. The van der Waals surface area contributed by atoms with Crippen molar-refractivity contribution in [2.45, 2.75) is 19.4 Å². The molecule has 1 fully saturated rings. The Hall–Kier alpha value is -1.09. The predicted octanol–water partition coefficient (Wildman–Crippen LogP) is 2.03. The van der Waals surface area contributed by atoms with Gasteiger partial charge in [-0.05, 0) is 43.0 Å². The average Bonchev–Trinajstić information content (AvgIpc) is 2.86. The Morgan fingerprint density at radius 1 is 1.36 bits per heavy atom. The van der Waals surface area contributed by atoms with Crippen molar-refractivity contribution < 1.29 is 9.50 Å². The van der Waals surface area contributed by atoms with E-state index in [4.69, 9.17) is 5.11 Å². The number of aromatic hydroxyl groups is 1. The van der Waals surface area contributed by atoms with Gasteiger partial charge in [0.2, 0.25) is 0 Å². The Kier molecular flexibility index (Phi) is 2.68. The molecule has 76 valence electrons. The van der Waals surface area contributed by atoms with Gasteiger partial charge in [-0.15, -0.1) is 0 Å². The number of phenolic OH excluding ortho intramolecular Hbond substituents is 1. The van der Waals surface area contributed by atoms with Crippen molar-refractivity contribution >= 4 is 0 Å². The minimum atomic E-state index is -0.381. The zero-order chi connectivity index (χ0) is 9.97. The third-order valence-corrected chi connectivity index (χ3v) is 2.40. The van der Waals surface area contributed by atoms with Gasteiger partial charge in [0.15, 0.2) is 0 Å². The first-order valence-corrected chi connectivity index (χ1v) is 4.93. The molecule has 0 spiro atoms. The lowest BCUT2D eigenvalue weighted by atomic mass is 10.2. The second-order valence-corrected chi connectivity index (χ2v) is 3.89. The van der Waals surface area contributed by atoms with Gasteiger partial charge in [-0.2, -0.15) is 0 Å². The van der Waals surface area contributed by atoms with E-state index in [-0.39, 0.29) is 11.6 Å². The van der Waals surface area contributed by atoms with Crippen LogP contribution in [0.1, 0.15) is 18.4 Å². The molecular weight excluding hydrogens is 181 g/mol. The molecule has 2 N–H and O–H groups in total. The number of phenols is 1. The molecule has 0 unspecified atom stereocenters. The van der Waals surface area contributed by atoms with Crippen LogP contribution in [0.4, 0.5) is 4.39 Å². The van der Waals surface area contributed by atoms with Gasteiger partial charge in [0, 0.05) is 12.6 Å². The van der Waals surface area contributed by atoms with Gasteiger partial charge >= 0.3 is 0 Å². The SMILES string of the molecule is Oc1cc(F)cc(CNCC2CC2)c1. The van der Waals surface area contributed by atoms with Crippen molar-refractivity contribution in [3.8, 4) is 5.75 Å². The van der Waals surface area contributed by atoms with Crippen LogP contribution in [0, 0.1) is 11.7 Å². The van der Waals surface area contributed by atoms with Crippen LogP contribution in [-0.4, -0.2) is 11.7 Å². The van der Waals surface area contributed by atoms with E-state index < -0.39 is 0 Å². The minimum absolute atomic E-state index is 0.00628. The lowest BCUT2D eigenvalue weighted by Gasteiger charge is -2.04. The Morgan fingerprint density at radius 2 is 2.14 bits per heavy atom. The Bertz CT molecular complexity index is 303. The van der Waals surface area contributed by atoms with E-state index in [1.807, 2.05) is 0 Å². The number of hydrogen-bond donors (Lipinski definition) is 2. The summed E-state index contributed by atoms with van der Waals surface area (Å²) in [5.41, 5.74) is 0.795. The maximum Gasteiger partial charge on any atom is 0.127 e. The second kappa shape index (κ2) is 3.96. The molecule has 0 amide bonds. The zero-order valence-corrected chi connectivity index (χ0v) is 7.96. The summed E-state index contributed by atoms with van der Waals surface area (Å²) in [4.78, 5) is 0. The average molecular weight is 195 g/mol. The third-order valence-electron chi connectivity index (χ3n) is 2.40. The molecule has 14 heavy (non-hydrogen) atoms. The highest BCUT2D eigenvalue weighted by molar-refractivity contribution is 5.28. The van der Waals surface area contributed by atoms with Crippen molar-refractivity contribution in [2.24, 2.45) is 5.92 Å². The van der Waals surface area contributed by atoms with Crippen LogP contribution in [0.3, 0.4) is 0 Å². The standard InChI is InChI=1S/C11H14FNO/c12-10-3-9(4-11(14)5-10)7-13-6-8-1-2-8/h3-5,8,13-14H,1-2,6-7H2. The van der Waals surface area contributed by atoms with Crippen molar-refractivity contribution in [3.05, 3.63) is 29.6 Å². The smallest absolute Gasteiger partial charge is 0.127 e. The fraction of sp³-hybridized carbons (Fsp3) is 0.455. The molecule has 1 aromatic carbocycles. The first-order chi connectivity index (χ1) is 6.74. The molecule has 1 aliphatic carbocycles. The summed E-state index contributed by atoms with van der Waals surface area (Å²) < 4.78 is 12.8. The number of benzene rings is 1. The van der Waals surface area contributed by atoms with Crippen LogP contribution < -0.4 is 5.32 Å². The molecule has 1 aromatic rings. The highest BCUT2D eigenvalue weighted by Crippen LogP contribution is 2.27. The topological polar surface area (TPSA) is 32.3 Å². The maximum atomic E-state index is 12.8. The van der Waals surface area contributed by atoms with Crippen LogP contribution in [0.25, 0.3) is 0 Å². The first kappa shape index (κ1) is 9.46. The molecular formula is C11H14FNO. The van der Waals surface area contributed by atoms with Gasteiger partial charge in [-0.25, -0.2) is 4.39 Å². The van der Waals surface area contributed by atoms with Crippen LogP contribution in [0.5, 0.6) is 5.75 Å². The lowest BCUT2D eigenvalue weighted by Crippen LogP contribution is -2.16. The van der Waals surface area contributed by atoms with Crippen molar-refractivity contribution in [3.63, 3.8) is 0 Å². The maximum absolute atomic E-state index is 12.8. The highest BCUT2D eigenvalue weighted by atomic mass is 19.1. The van der Waals surface area contributed by atoms with Crippen molar-refractivity contribution in [2.75, 3.05) is 6.54 Å². The van der Waals surface area contributed by atoms with Crippen molar-refractivity contribution in [1.82, 2.24) is 5.32 Å². The van der Waals surface area contributed by atoms with E-state index in [1.54, 1.807) is 6.07 Å². The molecule has 2 nitrogen and oxygen atoms in total. The second-order valence-electron chi connectivity index (χ2n) is 3.89. The van der Waals surface area contributed by atoms with Crippen molar-refractivity contribution in [1.29, 1.82) is 0 Å². The molecule has 0 radical (unpaired) electrons. The quantitative estimate of drug-likeness (QED) is 0.770. The molecule has 0 atom stereocenters. The normalized spacial score (nSPS) is 15.8. The van der Waals surface area contributed by atoms with E-state index in [0.717, 1.165) is 24.1 Å². The van der Waals surface area contributed by atoms with E-state index in [2.05, 4.69) is 5.32 Å². The number of halogens is 1. The summed E-state index contributed by atoms with van der Waals surface area (Å²) in [5, 5.41) is 12.4. The summed E-state index contributed by atoms with van der Waals surface area (Å²) >= 11 is 0. The van der Waals surface area contributed by atoms with Gasteiger partial charge in [-0.1, -0.05) is 0 Å². The molecule has 0 saturated heterocycles. The van der Waals surface area contributed by atoms with Gasteiger partial charge in [0.05, 0.1) is 0 Å². The molecule has 0 aromatic heterocycles. The van der Waals surface area contributed by atoms with Crippen LogP contribution in [-0.2, 0) is 6.54 Å². The molecule has 1 aliphatic rings. The largest absolute Gasteiger partial charge is 0.508 e. The minimum Gasteiger partial charge on any atom is -0.508 e. The Labute approximate surface area is 82.8 Å². The van der Waals surface area contributed by atoms with E-state index in [0.29, 0.717) is 6.54 Å². The molecule has 0 bridgehead atoms.